The number of hydrogen-bond acceptors (Lipinski definition) is 3. The van der Waals surface area contributed by atoms with Crippen molar-refractivity contribution in [2.75, 3.05) is 13.2 Å². The molecule has 0 unspecified atom stereocenters. The molecule has 0 saturated heterocycles. The number of unbranched alkanes of at least 4 members (excludes halogenated alkanes) is 1. The maximum Gasteiger partial charge on any atom is 0.319 e. The molecule has 0 radical (unpaired) electrons. The predicted molar refractivity (Wildman–Crippen MR) is 68.7 cm³/mol. The maximum atomic E-state index is 11.4. The van der Waals surface area contributed by atoms with Crippen LogP contribution in [-0.4, -0.2) is 19.1 Å². The standard InChI is InChI=1S/C14H21NO2/c1-3-4-10-17-14(16)11-15-12(2)13-8-6-5-7-9-13/h5-9,12,15H,3-4,10-11H2,1-2H3/t12-/m1/s1. The van der Waals surface area contributed by atoms with Crippen molar-refractivity contribution in [3.05, 3.63) is 35.9 Å². The Labute approximate surface area is 103 Å². The molecule has 0 aromatic heterocycles. The smallest absolute Gasteiger partial charge is 0.319 e. The number of esters is 1. The van der Waals surface area contributed by atoms with Crippen molar-refractivity contribution in [3.8, 4) is 0 Å². The van der Waals surface area contributed by atoms with Crippen LogP contribution in [0.25, 0.3) is 0 Å². The lowest BCUT2D eigenvalue weighted by Crippen LogP contribution is -2.27. The monoisotopic (exact) mass is 235 g/mol. The van der Waals surface area contributed by atoms with Crippen molar-refractivity contribution in [1.29, 1.82) is 0 Å². The van der Waals surface area contributed by atoms with Gasteiger partial charge in [0.2, 0.25) is 0 Å². The zero-order valence-corrected chi connectivity index (χ0v) is 10.6. The summed E-state index contributed by atoms with van der Waals surface area (Å²) in [5.41, 5.74) is 1.17. The van der Waals surface area contributed by atoms with Gasteiger partial charge in [-0.15, -0.1) is 0 Å². The van der Waals surface area contributed by atoms with E-state index in [0.717, 1.165) is 12.8 Å². The van der Waals surface area contributed by atoms with Crippen LogP contribution in [0.15, 0.2) is 30.3 Å². The summed E-state index contributed by atoms with van der Waals surface area (Å²) < 4.78 is 5.07. The average Bonchev–Trinajstić information content (AvgIpc) is 2.37. The SMILES string of the molecule is CCCCOC(=O)CN[C@H](C)c1ccccc1. The van der Waals surface area contributed by atoms with E-state index >= 15 is 0 Å². The molecule has 0 aliphatic heterocycles. The lowest BCUT2D eigenvalue weighted by Gasteiger charge is -2.13. The number of benzene rings is 1. The Morgan fingerprint density at radius 1 is 1.35 bits per heavy atom. The number of carbonyl (C=O) groups is 1. The number of ether oxygens (including phenoxy) is 1. The highest BCUT2D eigenvalue weighted by molar-refractivity contribution is 5.71. The largest absolute Gasteiger partial charge is 0.465 e. The van der Waals surface area contributed by atoms with Crippen LogP contribution in [-0.2, 0) is 9.53 Å². The summed E-state index contributed by atoms with van der Waals surface area (Å²) >= 11 is 0. The Hall–Kier alpha value is -1.35. The van der Waals surface area contributed by atoms with E-state index in [1.165, 1.54) is 5.56 Å². The third-order valence-electron chi connectivity index (χ3n) is 2.61. The minimum Gasteiger partial charge on any atom is -0.465 e. The molecular formula is C14H21NO2. The van der Waals surface area contributed by atoms with Crippen LogP contribution in [0.3, 0.4) is 0 Å². The Kier molecular flexibility index (Phi) is 6.33. The minimum absolute atomic E-state index is 0.162. The fourth-order valence-electron chi connectivity index (χ4n) is 1.48. The van der Waals surface area contributed by atoms with Gasteiger partial charge >= 0.3 is 5.97 Å². The summed E-state index contributed by atoms with van der Waals surface area (Å²) in [6.07, 6.45) is 1.97. The molecule has 0 heterocycles. The van der Waals surface area contributed by atoms with E-state index in [-0.39, 0.29) is 18.6 Å². The van der Waals surface area contributed by atoms with Crippen molar-refractivity contribution in [2.45, 2.75) is 32.7 Å². The van der Waals surface area contributed by atoms with Crippen LogP contribution in [0, 0.1) is 0 Å². The first-order valence-corrected chi connectivity index (χ1v) is 6.18. The molecule has 1 N–H and O–H groups in total. The van der Waals surface area contributed by atoms with E-state index < -0.39 is 0 Å². The molecule has 0 fully saturated rings. The second-order valence-corrected chi connectivity index (χ2v) is 4.09. The molecule has 1 aromatic carbocycles. The Balaban J connectivity index is 2.24. The molecule has 0 bridgehead atoms. The summed E-state index contributed by atoms with van der Waals surface area (Å²) in [5, 5.41) is 3.15. The highest BCUT2D eigenvalue weighted by Crippen LogP contribution is 2.10. The van der Waals surface area contributed by atoms with Crippen molar-refractivity contribution in [2.24, 2.45) is 0 Å². The minimum atomic E-state index is -0.179. The van der Waals surface area contributed by atoms with Crippen molar-refractivity contribution < 1.29 is 9.53 Å². The molecule has 0 spiro atoms. The summed E-state index contributed by atoms with van der Waals surface area (Å²) in [5.74, 6) is -0.179. The van der Waals surface area contributed by atoms with E-state index in [2.05, 4.69) is 12.2 Å². The summed E-state index contributed by atoms with van der Waals surface area (Å²) in [6, 6.07) is 10.2. The number of carbonyl (C=O) groups excluding carboxylic acids is 1. The molecular weight excluding hydrogens is 214 g/mol. The first-order chi connectivity index (χ1) is 8.24. The first-order valence-electron chi connectivity index (χ1n) is 6.18. The van der Waals surface area contributed by atoms with E-state index in [0.29, 0.717) is 6.61 Å². The Morgan fingerprint density at radius 3 is 2.71 bits per heavy atom. The quantitative estimate of drug-likeness (QED) is 0.583. The van der Waals surface area contributed by atoms with Gasteiger partial charge in [-0.3, -0.25) is 4.79 Å². The molecule has 0 aliphatic rings. The Bertz CT molecular complexity index is 324. The van der Waals surface area contributed by atoms with E-state index in [1.807, 2.05) is 37.3 Å². The predicted octanol–water partition coefficient (Wildman–Crippen LogP) is 2.68. The van der Waals surface area contributed by atoms with E-state index in [9.17, 15) is 4.79 Å². The van der Waals surface area contributed by atoms with Gasteiger partial charge in [0, 0.05) is 6.04 Å². The van der Waals surface area contributed by atoms with Crippen LogP contribution in [0.5, 0.6) is 0 Å². The van der Waals surface area contributed by atoms with Crippen molar-refractivity contribution in [1.82, 2.24) is 5.32 Å². The fourth-order valence-corrected chi connectivity index (χ4v) is 1.48. The second kappa shape index (κ2) is 7.85. The van der Waals surface area contributed by atoms with Gasteiger partial charge in [0.05, 0.1) is 13.2 Å². The molecule has 1 atom stereocenters. The fraction of sp³-hybridized carbons (Fsp3) is 0.500. The van der Waals surface area contributed by atoms with Gasteiger partial charge in [-0.05, 0) is 18.9 Å². The molecule has 3 heteroatoms. The van der Waals surface area contributed by atoms with Crippen LogP contribution in [0.4, 0.5) is 0 Å². The van der Waals surface area contributed by atoms with E-state index in [1.54, 1.807) is 0 Å². The lowest BCUT2D eigenvalue weighted by molar-refractivity contribution is -0.142. The highest BCUT2D eigenvalue weighted by Gasteiger charge is 2.07. The van der Waals surface area contributed by atoms with Crippen LogP contribution >= 0.6 is 0 Å². The van der Waals surface area contributed by atoms with Gasteiger partial charge in [-0.1, -0.05) is 43.7 Å². The van der Waals surface area contributed by atoms with Crippen LogP contribution < -0.4 is 5.32 Å². The van der Waals surface area contributed by atoms with Gasteiger partial charge < -0.3 is 10.1 Å². The molecule has 0 saturated carbocycles. The molecule has 3 nitrogen and oxygen atoms in total. The van der Waals surface area contributed by atoms with Crippen LogP contribution in [0.1, 0.15) is 38.3 Å². The number of hydrogen-bond donors (Lipinski definition) is 1. The van der Waals surface area contributed by atoms with Crippen molar-refractivity contribution in [3.63, 3.8) is 0 Å². The van der Waals surface area contributed by atoms with Crippen LogP contribution in [0.2, 0.25) is 0 Å². The molecule has 0 aliphatic carbocycles. The molecule has 1 rings (SSSR count). The summed E-state index contributed by atoms with van der Waals surface area (Å²) in [4.78, 5) is 11.4. The highest BCUT2D eigenvalue weighted by atomic mass is 16.5. The second-order valence-electron chi connectivity index (χ2n) is 4.09. The molecule has 17 heavy (non-hydrogen) atoms. The summed E-state index contributed by atoms with van der Waals surface area (Å²) in [7, 11) is 0. The zero-order valence-electron chi connectivity index (χ0n) is 10.6. The van der Waals surface area contributed by atoms with Gasteiger partial charge in [0.1, 0.15) is 0 Å². The zero-order chi connectivity index (χ0) is 12.5. The normalized spacial score (nSPS) is 12.1. The average molecular weight is 235 g/mol. The number of rotatable bonds is 7. The van der Waals surface area contributed by atoms with Gasteiger partial charge in [-0.2, -0.15) is 0 Å². The molecule has 94 valence electrons. The molecule has 0 amide bonds. The topological polar surface area (TPSA) is 38.3 Å². The van der Waals surface area contributed by atoms with Gasteiger partial charge in [0.25, 0.3) is 0 Å². The van der Waals surface area contributed by atoms with Gasteiger partial charge in [-0.25, -0.2) is 0 Å². The first kappa shape index (κ1) is 13.7. The third kappa shape index (κ3) is 5.50. The van der Waals surface area contributed by atoms with Crippen molar-refractivity contribution >= 4 is 5.97 Å². The lowest BCUT2D eigenvalue weighted by atomic mass is 10.1. The Morgan fingerprint density at radius 2 is 2.06 bits per heavy atom. The summed E-state index contributed by atoms with van der Waals surface area (Å²) in [6.45, 7) is 4.90. The third-order valence-corrected chi connectivity index (χ3v) is 2.61. The maximum absolute atomic E-state index is 11.4. The van der Waals surface area contributed by atoms with E-state index in [4.69, 9.17) is 4.74 Å². The number of nitrogens with one attached hydrogen (secondary N) is 1. The molecule has 1 aromatic rings. The van der Waals surface area contributed by atoms with Gasteiger partial charge in [0.15, 0.2) is 0 Å².